The van der Waals surface area contributed by atoms with E-state index in [2.05, 4.69) is 10.3 Å². The van der Waals surface area contributed by atoms with E-state index in [0.717, 1.165) is 29.7 Å². The molecule has 5 rings (SSSR count). The number of rotatable bonds is 6. The Hall–Kier alpha value is -3.30. The van der Waals surface area contributed by atoms with Crippen molar-refractivity contribution in [2.45, 2.75) is 18.9 Å². The zero-order chi connectivity index (χ0) is 21.5. The first-order chi connectivity index (χ1) is 15.0. The molecule has 0 saturated heterocycles. The number of carboxylic acids is 1. The van der Waals surface area contributed by atoms with Gasteiger partial charge in [-0.1, -0.05) is 30.3 Å². The predicted octanol–water partition coefficient (Wildman–Crippen LogP) is 3.64. The molecule has 31 heavy (non-hydrogen) atoms. The third kappa shape index (κ3) is 3.45. The molecule has 0 spiro atoms. The van der Waals surface area contributed by atoms with Crippen LogP contribution in [0.3, 0.4) is 0 Å². The third-order valence-corrected chi connectivity index (χ3v) is 6.74. The van der Waals surface area contributed by atoms with E-state index >= 15 is 0 Å². The number of thiophene rings is 1. The van der Waals surface area contributed by atoms with Crippen molar-refractivity contribution in [1.29, 1.82) is 0 Å². The number of aliphatic hydroxyl groups excluding tert-OH is 1. The Balaban J connectivity index is 1.73. The molecule has 9 heteroatoms. The maximum absolute atomic E-state index is 12.1. The summed E-state index contributed by atoms with van der Waals surface area (Å²) < 4.78 is 1.83. The molecule has 0 bridgehead atoms. The number of aromatic nitrogens is 4. The van der Waals surface area contributed by atoms with E-state index < -0.39 is 5.97 Å². The van der Waals surface area contributed by atoms with Crippen LogP contribution in [-0.4, -0.2) is 48.4 Å². The van der Waals surface area contributed by atoms with E-state index in [1.165, 1.54) is 0 Å². The van der Waals surface area contributed by atoms with E-state index in [4.69, 9.17) is 9.97 Å². The minimum atomic E-state index is -0.990. The third-order valence-electron chi connectivity index (χ3n) is 5.66. The first kappa shape index (κ1) is 19.7. The number of nitrogens with zero attached hydrogens (tertiary/aromatic N) is 4. The summed E-state index contributed by atoms with van der Waals surface area (Å²) in [6.45, 7) is 0.173. The summed E-state index contributed by atoms with van der Waals surface area (Å²) >= 11 is 1.15. The molecule has 3 N–H and O–H groups in total. The van der Waals surface area contributed by atoms with Gasteiger partial charge in [0.15, 0.2) is 11.6 Å². The van der Waals surface area contributed by atoms with Gasteiger partial charge in [-0.2, -0.15) is 0 Å². The number of benzene rings is 1. The van der Waals surface area contributed by atoms with Crippen molar-refractivity contribution in [1.82, 2.24) is 19.5 Å². The van der Waals surface area contributed by atoms with E-state index in [-0.39, 0.29) is 23.4 Å². The number of fused-ring (bicyclic) bond motifs is 1. The van der Waals surface area contributed by atoms with Gasteiger partial charge in [-0.3, -0.25) is 0 Å². The first-order valence-corrected chi connectivity index (χ1v) is 10.8. The molecule has 0 atom stereocenters. The van der Waals surface area contributed by atoms with E-state index in [9.17, 15) is 15.0 Å². The van der Waals surface area contributed by atoms with E-state index in [0.29, 0.717) is 33.2 Å². The summed E-state index contributed by atoms with van der Waals surface area (Å²) in [4.78, 5) is 26.8. The van der Waals surface area contributed by atoms with Crippen molar-refractivity contribution in [2.24, 2.45) is 13.0 Å². The molecule has 1 saturated carbocycles. The zero-order valence-corrected chi connectivity index (χ0v) is 17.6. The van der Waals surface area contributed by atoms with Crippen LogP contribution in [0.5, 0.6) is 0 Å². The summed E-state index contributed by atoms with van der Waals surface area (Å²) in [5, 5.41) is 23.5. The van der Waals surface area contributed by atoms with E-state index in [1.807, 2.05) is 48.1 Å². The Bertz CT molecular complexity index is 1260. The average molecular weight is 436 g/mol. The topological polar surface area (TPSA) is 113 Å². The van der Waals surface area contributed by atoms with Gasteiger partial charge in [0.25, 0.3) is 0 Å². The lowest BCUT2D eigenvalue weighted by atomic mass is 9.81. The summed E-state index contributed by atoms with van der Waals surface area (Å²) in [6, 6.07) is 9.64. The minimum Gasteiger partial charge on any atom is -0.477 e. The number of anilines is 1. The van der Waals surface area contributed by atoms with Crippen molar-refractivity contribution in [3.8, 4) is 22.8 Å². The van der Waals surface area contributed by atoms with Crippen LogP contribution in [0.25, 0.3) is 33.0 Å². The van der Waals surface area contributed by atoms with Crippen molar-refractivity contribution in [2.75, 3.05) is 11.9 Å². The fourth-order valence-electron chi connectivity index (χ4n) is 4.01. The quantitative estimate of drug-likeness (QED) is 0.424. The number of imidazole rings is 1. The van der Waals surface area contributed by atoms with Gasteiger partial charge in [0.05, 0.1) is 5.39 Å². The van der Waals surface area contributed by atoms with Crippen LogP contribution < -0.4 is 5.32 Å². The maximum Gasteiger partial charge on any atom is 0.346 e. The van der Waals surface area contributed by atoms with Crippen LogP contribution in [0.15, 0.2) is 42.7 Å². The second-order valence-corrected chi connectivity index (χ2v) is 8.78. The Morgan fingerprint density at radius 3 is 2.68 bits per heavy atom. The van der Waals surface area contributed by atoms with Crippen molar-refractivity contribution in [3.63, 3.8) is 0 Å². The highest BCUT2D eigenvalue weighted by Gasteiger charge is 2.31. The fourth-order valence-corrected chi connectivity index (χ4v) is 5.05. The Morgan fingerprint density at radius 1 is 1.26 bits per heavy atom. The Labute approximate surface area is 182 Å². The Morgan fingerprint density at radius 2 is 2.03 bits per heavy atom. The lowest BCUT2D eigenvalue weighted by molar-refractivity contribution is 0.0703. The van der Waals surface area contributed by atoms with Crippen molar-refractivity contribution < 1.29 is 15.0 Å². The van der Waals surface area contributed by atoms with Crippen LogP contribution in [0, 0.1) is 5.92 Å². The largest absolute Gasteiger partial charge is 0.477 e. The second-order valence-electron chi connectivity index (χ2n) is 7.78. The summed E-state index contributed by atoms with van der Waals surface area (Å²) in [5.41, 5.74) is 1.43. The molecule has 1 aromatic carbocycles. The number of aromatic carboxylic acids is 1. The molecule has 1 aliphatic carbocycles. The van der Waals surface area contributed by atoms with Gasteiger partial charge in [0, 0.05) is 37.7 Å². The normalized spacial score (nSPS) is 18.1. The van der Waals surface area contributed by atoms with Gasteiger partial charge >= 0.3 is 5.97 Å². The number of hydrogen-bond donors (Lipinski definition) is 3. The lowest BCUT2D eigenvalue weighted by Gasteiger charge is -2.35. The summed E-state index contributed by atoms with van der Waals surface area (Å²) in [6.07, 6.45) is 5.19. The van der Waals surface area contributed by atoms with Crippen LogP contribution in [0.4, 0.5) is 5.82 Å². The molecular formula is C22H21N5O3S. The molecule has 0 radical (unpaired) electrons. The zero-order valence-electron chi connectivity index (χ0n) is 16.8. The first-order valence-electron chi connectivity index (χ1n) is 10.0. The smallest absolute Gasteiger partial charge is 0.346 e. The second kappa shape index (κ2) is 7.75. The molecule has 0 aliphatic heterocycles. The molecule has 4 aromatic rings. The van der Waals surface area contributed by atoms with Crippen LogP contribution in [0.1, 0.15) is 22.5 Å². The summed E-state index contributed by atoms with van der Waals surface area (Å²) in [7, 11) is 1.87. The monoisotopic (exact) mass is 435 g/mol. The maximum atomic E-state index is 12.1. The number of aliphatic hydroxyl groups is 1. The van der Waals surface area contributed by atoms with Gasteiger partial charge < -0.3 is 20.1 Å². The molecule has 1 aliphatic rings. The van der Waals surface area contributed by atoms with E-state index in [1.54, 1.807) is 6.20 Å². The standard InChI is InChI=1S/C22H21N5O3S/c1-27-8-7-23-20(27)19-25-18(24-14-9-12(10-14)11-28)16-15(13-5-3-2-4-6-13)17(22(29)30)31-21(16)26-19/h2-8,12,14,28H,9-11H2,1H3,(H,29,30)(H,24,25,26). The highest BCUT2D eigenvalue weighted by molar-refractivity contribution is 7.21. The molecular weight excluding hydrogens is 414 g/mol. The number of carboxylic acid groups (broad SMARTS) is 1. The highest BCUT2D eigenvalue weighted by atomic mass is 32.1. The predicted molar refractivity (Wildman–Crippen MR) is 119 cm³/mol. The van der Waals surface area contributed by atoms with Gasteiger partial charge in [0.1, 0.15) is 15.5 Å². The van der Waals surface area contributed by atoms with Crippen LogP contribution in [-0.2, 0) is 7.05 Å². The van der Waals surface area contributed by atoms with Crippen molar-refractivity contribution >= 4 is 33.3 Å². The van der Waals surface area contributed by atoms with Gasteiger partial charge in [-0.25, -0.2) is 19.7 Å². The molecule has 3 heterocycles. The van der Waals surface area contributed by atoms with Crippen LogP contribution >= 0.6 is 11.3 Å². The van der Waals surface area contributed by atoms with Gasteiger partial charge in [-0.05, 0) is 24.3 Å². The van der Waals surface area contributed by atoms with Crippen LogP contribution in [0.2, 0.25) is 0 Å². The molecule has 158 valence electrons. The lowest BCUT2D eigenvalue weighted by Crippen LogP contribution is -2.37. The summed E-state index contributed by atoms with van der Waals surface area (Å²) in [5.74, 6) is 0.952. The number of carbonyl (C=O) groups is 1. The van der Waals surface area contributed by atoms with Gasteiger partial charge in [-0.15, -0.1) is 11.3 Å². The fraction of sp³-hybridized carbons (Fsp3) is 0.273. The van der Waals surface area contributed by atoms with Gasteiger partial charge in [0.2, 0.25) is 0 Å². The number of hydrogen-bond acceptors (Lipinski definition) is 7. The number of aryl methyl sites for hydroxylation is 1. The molecule has 8 nitrogen and oxygen atoms in total. The molecule has 0 unspecified atom stereocenters. The average Bonchev–Trinajstić information content (AvgIpc) is 3.34. The highest BCUT2D eigenvalue weighted by Crippen LogP contribution is 2.43. The van der Waals surface area contributed by atoms with Crippen molar-refractivity contribution in [3.05, 3.63) is 47.6 Å². The minimum absolute atomic E-state index is 0.168. The molecule has 3 aromatic heterocycles. The SMILES string of the molecule is Cn1ccnc1-c1nc(NC2CC(CO)C2)c2c(-c3ccccc3)c(C(=O)O)sc2n1. The number of nitrogens with one attached hydrogen (secondary N) is 1. The molecule has 0 amide bonds. The molecule has 1 fully saturated rings. The Kier molecular flexibility index (Phi) is 4.91.